The van der Waals surface area contributed by atoms with E-state index in [1.165, 1.54) is 11.0 Å². The van der Waals surface area contributed by atoms with E-state index in [-0.39, 0.29) is 6.04 Å². The SMILES string of the molecule is CCN(c1nc(NC)nc(-n2cncn2)n1)C(C)COC. The number of methoxy groups -OCH3 is 1. The van der Waals surface area contributed by atoms with Gasteiger partial charge in [0.05, 0.1) is 12.6 Å². The molecule has 9 heteroatoms. The second kappa shape index (κ2) is 6.93. The summed E-state index contributed by atoms with van der Waals surface area (Å²) in [5.74, 6) is 1.48. The van der Waals surface area contributed by atoms with Crippen molar-refractivity contribution in [3.05, 3.63) is 12.7 Å². The molecule has 0 radical (unpaired) electrons. The average Bonchev–Trinajstić information content (AvgIpc) is 3.02. The molecule has 0 aromatic carbocycles. The summed E-state index contributed by atoms with van der Waals surface area (Å²) in [5.41, 5.74) is 0. The molecule has 0 aliphatic heterocycles. The number of aromatic nitrogens is 6. The van der Waals surface area contributed by atoms with Crippen molar-refractivity contribution in [2.24, 2.45) is 0 Å². The lowest BCUT2D eigenvalue weighted by Crippen LogP contribution is -2.37. The van der Waals surface area contributed by atoms with Crippen molar-refractivity contribution in [2.45, 2.75) is 19.9 Å². The molecule has 0 amide bonds. The van der Waals surface area contributed by atoms with Gasteiger partial charge in [-0.1, -0.05) is 0 Å². The Morgan fingerprint density at radius 1 is 1.38 bits per heavy atom. The third-order valence-electron chi connectivity index (χ3n) is 3.00. The number of likely N-dealkylation sites (N-methyl/N-ethyl adjacent to an activating group) is 1. The molecule has 1 unspecified atom stereocenters. The van der Waals surface area contributed by atoms with E-state index in [4.69, 9.17) is 4.74 Å². The van der Waals surface area contributed by atoms with Gasteiger partial charge >= 0.3 is 0 Å². The van der Waals surface area contributed by atoms with Crippen molar-refractivity contribution in [1.29, 1.82) is 0 Å². The smallest absolute Gasteiger partial charge is 0.258 e. The fraction of sp³-hybridized carbons (Fsp3) is 0.583. The first kappa shape index (κ1) is 15.1. The van der Waals surface area contributed by atoms with E-state index in [0.717, 1.165) is 6.54 Å². The predicted octanol–water partition coefficient (Wildman–Crippen LogP) is 0.355. The molecule has 2 rings (SSSR count). The van der Waals surface area contributed by atoms with Crippen molar-refractivity contribution in [3.8, 4) is 5.95 Å². The van der Waals surface area contributed by atoms with Crippen molar-refractivity contribution in [1.82, 2.24) is 29.7 Å². The van der Waals surface area contributed by atoms with Gasteiger partial charge in [-0.05, 0) is 13.8 Å². The molecule has 0 spiro atoms. The average molecular weight is 292 g/mol. The Morgan fingerprint density at radius 3 is 2.76 bits per heavy atom. The zero-order valence-electron chi connectivity index (χ0n) is 12.7. The van der Waals surface area contributed by atoms with Gasteiger partial charge in [0.15, 0.2) is 0 Å². The van der Waals surface area contributed by atoms with E-state index in [0.29, 0.717) is 24.5 Å². The summed E-state index contributed by atoms with van der Waals surface area (Å²) in [6, 6.07) is 0.149. The largest absolute Gasteiger partial charge is 0.383 e. The van der Waals surface area contributed by atoms with E-state index in [2.05, 4.69) is 37.3 Å². The van der Waals surface area contributed by atoms with Gasteiger partial charge in [-0.15, -0.1) is 0 Å². The van der Waals surface area contributed by atoms with E-state index in [1.54, 1.807) is 20.5 Å². The minimum atomic E-state index is 0.149. The molecular formula is C12H20N8O. The van der Waals surface area contributed by atoms with Gasteiger partial charge < -0.3 is 15.0 Å². The molecule has 2 heterocycles. The quantitative estimate of drug-likeness (QED) is 0.781. The Balaban J connectivity index is 2.40. The summed E-state index contributed by atoms with van der Waals surface area (Å²) in [6.07, 6.45) is 2.99. The normalized spacial score (nSPS) is 12.2. The lowest BCUT2D eigenvalue weighted by atomic mass is 10.3. The Bertz CT molecular complexity index is 558. The van der Waals surface area contributed by atoms with E-state index in [1.807, 2.05) is 11.8 Å². The third-order valence-corrected chi connectivity index (χ3v) is 3.00. The standard InChI is InChI=1S/C12H20N8O/c1-5-19(9(2)6-21-4)11-16-10(13-3)17-12(18-11)20-8-14-7-15-20/h7-9H,5-6H2,1-4H3,(H,13,16,17,18). The number of anilines is 2. The van der Waals surface area contributed by atoms with Crippen LogP contribution in [0.3, 0.4) is 0 Å². The van der Waals surface area contributed by atoms with Crippen LogP contribution < -0.4 is 10.2 Å². The Morgan fingerprint density at radius 2 is 2.19 bits per heavy atom. The molecule has 2 aromatic rings. The number of nitrogens with one attached hydrogen (secondary N) is 1. The van der Waals surface area contributed by atoms with Crippen molar-refractivity contribution < 1.29 is 4.74 Å². The summed E-state index contributed by atoms with van der Waals surface area (Å²) < 4.78 is 6.71. The van der Waals surface area contributed by atoms with Gasteiger partial charge in [-0.25, -0.2) is 4.98 Å². The summed E-state index contributed by atoms with van der Waals surface area (Å²) in [5, 5.41) is 6.99. The third kappa shape index (κ3) is 3.43. The molecule has 21 heavy (non-hydrogen) atoms. The fourth-order valence-electron chi connectivity index (χ4n) is 1.99. The molecule has 1 N–H and O–H groups in total. The highest BCUT2D eigenvalue weighted by atomic mass is 16.5. The molecule has 9 nitrogen and oxygen atoms in total. The first-order valence-electron chi connectivity index (χ1n) is 6.74. The molecule has 0 aliphatic carbocycles. The van der Waals surface area contributed by atoms with Crippen molar-refractivity contribution in [3.63, 3.8) is 0 Å². The van der Waals surface area contributed by atoms with Gasteiger partial charge in [0.25, 0.3) is 5.95 Å². The number of hydrogen-bond donors (Lipinski definition) is 1. The van der Waals surface area contributed by atoms with Gasteiger partial charge in [0.2, 0.25) is 11.9 Å². The Hall–Kier alpha value is -2.29. The highest BCUT2D eigenvalue weighted by Gasteiger charge is 2.18. The number of ether oxygens (including phenoxy) is 1. The zero-order chi connectivity index (χ0) is 15.2. The van der Waals surface area contributed by atoms with Crippen LogP contribution in [0, 0.1) is 0 Å². The van der Waals surface area contributed by atoms with Crippen LogP contribution in [-0.2, 0) is 4.74 Å². The maximum absolute atomic E-state index is 5.21. The summed E-state index contributed by atoms with van der Waals surface area (Å²) >= 11 is 0. The highest BCUT2D eigenvalue weighted by Crippen LogP contribution is 2.15. The maximum Gasteiger partial charge on any atom is 0.258 e. The molecule has 0 fully saturated rings. The van der Waals surface area contributed by atoms with Crippen LogP contribution in [0.4, 0.5) is 11.9 Å². The summed E-state index contributed by atoms with van der Waals surface area (Å²) in [4.78, 5) is 19.1. The summed E-state index contributed by atoms with van der Waals surface area (Å²) in [6.45, 7) is 5.46. The lowest BCUT2D eigenvalue weighted by Gasteiger charge is -2.27. The molecular weight excluding hydrogens is 272 g/mol. The van der Waals surface area contributed by atoms with Gasteiger partial charge in [0, 0.05) is 20.7 Å². The van der Waals surface area contributed by atoms with Crippen LogP contribution in [0.15, 0.2) is 12.7 Å². The Labute approximate surface area is 123 Å². The summed E-state index contributed by atoms with van der Waals surface area (Å²) in [7, 11) is 3.44. The van der Waals surface area contributed by atoms with Gasteiger partial charge in [-0.2, -0.15) is 24.7 Å². The first-order chi connectivity index (χ1) is 10.2. The molecule has 2 aromatic heterocycles. The van der Waals surface area contributed by atoms with Gasteiger partial charge in [-0.3, -0.25) is 0 Å². The Kier molecular flexibility index (Phi) is 4.99. The maximum atomic E-state index is 5.21. The number of hydrogen-bond acceptors (Lipinski definition) is 8. The first-order valence-corrected chi connectivity index (χ1v) is 6.74. The van der Waals surface area contributed by atoms with Crippen LogP contribution in [0.5, 0.6) is 0 Å². The minimum Gasteiger partial charge on any atom is -0.383 e. The van der Waals surface area contributed by atoms with Crippen molar-refractivity contribution >= 4 is 11.9 Å². The van der Waals surface area contributed by atoms with Gasteiger partial charge in [0.1, 0.15) is 12.7 Å². The number of nitrogens with zero attached hydrogens (tertiary/aromatic N) is 7. The van der Waals surface area contributed by atoms with Crippen LogP contribution in [-0.4, -0.2) is 63.1 Å². The highest BCUT2D eigenvalue weighted by molar-refractivity contribution is 5.40. The molecule has 0 bridgehead atoms. The van der Waals surface area contributed by atoms with Crippen LogP contribution >= 0.6 is 0 Å². The van der Waals surface area contributed by atoms with E-state index in [9.17, 15) is 0 Å². The van der Waals surface area contributed by atoms with Crippen LogP contribution in [0.25, 0.3) is 5.95 Å². The monoisotopic (exact) mass is 292 g/mol. The lowest BCUT2D eigenvalue weighted by molar-refractivity contribution is 0.181. The van der Waals surface area contributed by atoms with Crippen molar-refractivity contribution in [2.75, 3.05) is 37.5 Å². The minimum absolute atomic E-state index is 0.149. The second-order valence-electron chi connectivity index (χ2n) is 4.44. The molecule has 0 aliphatic rings. The van der Waals surface area contributed by atoms with E-state index < -0.39 is 0 Å². The van der Waals surface area contributed by atoms with Crippen LogP contribution in [0.2, 0.25) is 0 Å². The fourth-order valence-corrected chi connectivity index (χ4v) is 1.99. The molecule has 0 saturated carbocycles. The molecule has 1 atom stereocenters. The zero-order valence-corrected chi connectivity index (χ0v) is 12.7. The predicted molar refractivity (Wildman–Crippen MR) is 78.6 cm³/mol. The number of rotatable bonds is 7. The second-order valence-corrected chi connectivity index (χ2v) is 4.44. The van der Waals surface area contributed by atoms with E-state index >= 15 is 0 Å². The topological polar surface area (TPSA) is 93.9 Å². The molecule has 0 saturated heterocycles. The van der Waals surface area contributed by atoms with Crippen LogP contribution in [0.1, 0.15) is 13.8 Å². The molecule has 114 valence electrons.